The number of aromatic amines is 1. The number of primary amides is 1. The van der Waals surface area contributed by atoms with E-state index in [0.29, 0.717) is 17.9 Å². The van der Waals surface area contributed by atoms with Crippen LogP contribution in [-0.4, -0.2) is 27.1 Å². The quantitative estimate of drug-likeness (QED) is 0.689. The lowest BCUT2D eigenvalue weighted by Crippen LogP contribution is -2.32. The Balaban J connectivity index is 2.26. The largest absolute Gasteiger partial charge is 0.352 e. The first-order chi connectivity index (χ1) is 7.68. The van der Waals surface area contributed by atoms with Crippen LogP contribution in [0.15, 0.2) is 18.5 Å². The fourth-order valence-electron chi connectivity index (χ4n) is 1.52. The van der Waals surface area contributed by atoms with Crippen LogP contribution in [0.2, 0.25) is 0 Å². The van der Waals surface area contributed by atoms with E-state index in [1.165, 1.54) is 0 Å². The number of hydrogen-bond donors (Lipinski definition) is 3. The van der Waals surface area contributed by atoms with E-state index in [9.17, 15) is 4.79 Å². The molecule has 4 N–H and O–H groups in total. The minimum Gasteiger partial charge on any atom is -0.352 e. The number of H-pyrrole nitrogens is 1. The third-order valence-corrected chi connectivity index (χ3v) is 2.53. The third-order valence-electron chi connectivity index (χ3n) is 2.21. The number of nitrogens with zero attached hydrogens (tertiary/aromatic N) is 2. The lowest BCUT2D eigenvalue weighted by Gasteiger charge is -2.04. The Hall–Kier alpha value is -1.89. The summed E-state index contributed by atoms with van der Waals surface area (Å²) < 4.78 is 2.50. The van der Waals surface area contributed by atoms with Gasteiger partial charge in [-0.15, -0.1) is 0 Å². The standard InChI is InChI=1S/C9H11N5OS/c10-8(15)12-3-4-14-7-1-2-11-5-6(7)13-9(14)16/h1-2,5H,3-4H2,(H,13,16)(H3,10,12,15). The van der Waals surface area contributed by atoms with Crippen molar-refractivity contribution in [3.63, 3.8) is 0 Å². The molecule has 0 atom stereocenters. The Bertz CT molecular complexity index is 573. The van der Waals surface area contributed by atoms with Crippen LogP contribution in [0.3, 0.4) is 0 Å². The number of rotatable bonds is 3. The molecule has 0 aliphatic heterocycles. The van der Waals surface area contributed by atoms with Crippen LogP contribution in [0, 0.1) is 4.77 Å². The van der Waals surface area contributed by atoms with Crippen molar-refractivity contribution in [1.82, 2.24) is 19.9 Å². The first-order valence-electron chi connectivity index (χ1n) is 4.74. The number of carbonyl (C=O) groups excluding carboxylic acids is 1. The van der Waals surface area contributed by atoms with Gasteiger partial charge in [0.05, 0.1) is 17.2 Å². The average Bonchev–Trinajstić information content (AvgIpc) is 2.55. The fraction of sp³-hybridized carbons (Fsp3) is 0.222. The van der Waals surface area contributed by atoms with Gasteiger partial charge in [0.15, 0.2) is 4.77 Å². The molecule has 0 aliphatic rings. The van der Waals surface area contributed by atoms with Gasteiger partial charge in [-0.3, -0.25) is 4.98 Å². The molecule has 0 aromatic carbocycles. The number of carbonyl (C=O) groups is 1. The highest BCUT2D eigenvalue weighted by atomic mass is 32.1. The summed E-state index contributed by atoms with van der Waals surface area (Å²) in [6, 6.07) is 1.33. The third kappa shape index (κ3) is 2.03. The molecule has 2 heterocycles. The number of pyridine rings is 1. The van der Waals surface area contributed by atoms with E-state index in [-0.39, 0.29) is 0 Å². The first-order valence-corrected chi connectivity index (χ1v) is 5.15. The molecule has 2 aromatic rings. The highest BCUT2D eigenvalue weighted by Crippen LogP contribution is 2.11. The average molecular weight is 237 g/mol. The molecule has 0 saturated carbocycles. The maximum absolute atomic E-state index is 10.5. The molecule has 0 unspecified atom stereocenters. The van der Waals surface area contributed by atoms with Crippen molar-refractivity contribution in [3.05, 3.63) is 23.2 Å². The second-order valence-corrected chi connectivity index (χ2v) is 3.65. The Labute approximate surface area is 96.5 Å². The Kier molecular flexibility index (Phi) is 2.86. The molecule has 0 spiro atoms. The van der Waals surface area contributed by atoms with Crippen LogP contribution in [-0.2, 0) is 6.54 Å². The van der Waals surface area contributed by atoms with Crippen LogP contribution in [0.4, 0.5) is 4.79 Å². The van der Waals surface area contributed by atoms with Crippen LogP contribution in [0.5, 0.6) is 0 Å². The molecule has 0 aliphatic carbocycles. The first kappa shape index (κ1) is 10.6. The molecule has 2 amide bonds. The molecule has 0 bridgehead atoms. The number of imidazole rings is 1. The summed E-state index contributed by atoms with van der Waals surface area (Å²) in [5.41, 5.74) is 6.82. The van der Waals surface area contributed by atoms with Gasteiger partial charge in [-0.05, 0) is 18.3 Å². The van der Waals surface area contributed by atoms with Crippen LogP contribution in [0.1, 0.15) is 0 Å². The zero-order valence-electron chi connectivity index (χ0n) is 8.43. The topological polar surface area (TPSA) is 88.7 Å². The van der Waals surface area contributed by atoms with Crippen molar-refractivity contribution in [2.24, 2.45) is 5.73 Å². The number of amides is 2. The van der Waals surface area contributed by atoms with Crippen LogP contribution >= 0.6 is 12.2 Å². The lowest BCUT2D eigenvalue weighted by atomic mass is 10.4. The maximum Gasteiger partial charge on any atom is 0.312 e. The highest BCUT2D eigenvalue weighted by Gasteiger charge is 2.03. The number of urea groups is 1. The number of nitrogens with two attached hydrogens (primary N) is 1. The zero-order valence-corrected chi connectivity index (χ0v) is 9.25. The highest BCUT2D eigenvalue weighted by molar-refractivity contribution is 7.71. The molecular formula is C9H11N5OS. The predicted octanol–water partition coefficient (Wildman–Crippen LogP) is 0.762. The van der Waals surface area contributed by atoms with Crippen molar-refractivity contribution in [2.75, 3.05) is 6.54 Å². The summed E-state index contributed by atoms with van der Waals surface area (Å²) >= 11 is 5.17. The van der Waals surface area contributed by atoms with Crippen LogP contribution in [0.25, 0.3) is 11.0 Å². The molecule has 2 rings (SSSR count). The van der Waals surface area contributed by atoms with Gasteiger partial charge < -0.3 is 20.6 Å². The number of nitrogens with one attached hydrogen (secondary N) is 2. The van der Waals surface area contributed by atoms with Gasteiger partial charge >= 0.3 is 6.03 Å². The van der Waals surface area contributed by atoms with Gasteiger partial charge in [0.2, 0.25) is 0 Å². The number of fused-ring (bicyclic) bond motifs is 1. The molecule has 0 fully saturated rings. The Morgan fingerprint density at radius 2 is 2.50 bits per heavy atom. The van der Waals surface area contributed by atoms with Gasteiger partial charge in [-0.25, -0.2) is 4.79 Å². The summed E-state index contributed by atoms with van der Waals surface area (Å²) in [6.07, 6.45) is 3.41. The zero-order chi connectivity index (χ0) is 11.5. The van der Waals surface area contributed by atoms with E-state index in [1.54, 1.807) is 12.4 Å². The molecule has 2 aromatic heterocycles. The van der Waals surface area contributed by atoms with E-state index >= 15 is 0 Å². The second kappa shape index (κ2) is 4.31. The summed E-state index contributed by atoms with van der Waals surface area (Å²) in [6.45, 7) is 1.02. The van der Waals surface area contributed by atoms with Crippen molar-refractivity contribution >= 4 is 29.3 Å². The summed E-state index contributed by atoms with van der Waals surface area (Å²) in [4.78, 5) is 17.6. The molecule has 0 saturated heterocycles. The molecule has 84 valence electrons. The van der Waals surface area contributed by atoms with Crippen molar-refractivity contribution in [2.45, 2.75) is 6.54 Å². The van der Waals surface area contributed by atoms with E-state index < -0.39 is 6.03 Å². The fourth-order valence-corrected chi connectivity index (χ4v) is 1.82. The Morgan fingerprint density at radius 3 is 3.25 bits per heavy atom. The van der Waals surface area contributed by atoms with Crippen molar-refractivity contribution in [1.29, 1.82) is 0 Å². The molecule has 6 nitrogen and oxygen atoms in total. The molecular weight excluding hydrogens is 226 g/mol. The molecule has 0 radical (unpaired) electrons. The van der Waals surface area contributed by atoms with Crippen LogP contribution < -0.4 is 11.1 Å². The maximum atomic E-state index is 10.5. The van der Waals surface area contributed by atoms with E-state index in [0.717, 1.165) is 11.0 Å². The SMILES string of the molecule is NC(=O)NCCn1c(=S)[nH]c2cnccc21. The monoisotopic (exact) mass is 237 g/mol. The van der Waals surface area contributed by atoms with E-state index in [4.69, 9.17) is 18.0 Å². The summed E-state index contributed by atoms with van der Waals surface area (Å²) in [7, 11) is 0. The van der Waals surface area contributed by atoms with Gasteiger partial charge in [0, 0.05) is 19.3 Å². The van der Waals surface area contributed by atoms with Gasteiger partial charge in [-0.1, -0.05) is 0 Å². The van der Waals surface area contributed by atoms with Crippen molar-refractivity contribution < 1.29 is 4.79 Å². The lowest BCUT2D eigenvalue weighted by molar-refractivity contribution is 0.248. The van der Waals surface area contributed by atoms with E-state index in [1.807, 2.05) is 10.6 Å². The second-order valence-electron chi connectivity index (χ2n) is 3.27. The normalized spacial score (nSPS) is 10.5. The Morgan fingerprint density at radius 1 is 1.69 bits per heavy atom. The minimum absolute atomic E-state index is 0.443. The predicted molar refractivity (Wildman–Crippen MR) is 62.5 cm³/mol. The molecule has 7 heteroatoms. The summed E-state index contributed by atoms with van der Waals surface area (Å²) in [5, 5.41) is 2.52. The van der Waals surface area contributed by atoms with Gasteiger partial charge in [0.25, 0.3) is 0 Å². The minimum atomic E-state index is -0.534. The van der Waals surface area contributed by atoms with Gasteiger partial charge in [-0.2, -0.15) is 0 Å². The number of aromatic nitrogens is 3. The van der Waals surface area contributed by atoms with Gasteiger partial charge in [0.1, 0.15) is 0 Å². The van der Waals surface area contributed by atoms with E-state index in [2.05, 4.69) is 15.3 Å². The molecule has 16 heavy (non-hydrogen) atoms. The summed E-state index contributed by atoms with van der Waals surface area (Å²) in [5.74, 6) is 0. The number of hydrogen-bond acceptors (Lipinski definition) is 3. The van der Waals surface area contributed by atoms with Crippen molar-refractivity contribution in [3.8, 4) is 0 Å². The smallest absolute Gasteiger partial charge is 0.312 e.